The smallest absolute Gasteiger partial charge is 0.238 e. The minimum Gasteiger partial charge on any atom is -0.369 e. The van der Waals surface area contributed by atoms with Gasteiger partial charge in [-0.1, -0.05) is 5.92 Å². The second kappa shape index (κ2) is 4.51. The van der Waals surface area contributed by atoms with Crippen LogP contribution < -0.4 is 10.5 Å². The van der Waals surface area contributed by atoms with Crippen LogP contribution in [-0.4, -0.2) is 14.5 Å². The van der Waals surface area contributed by atoms with Gasteiger partial charge in [-0.15, -0.1) is 6.42 Å². The van der Waals surface area contributed by atoms with Gasteiger partial charge >= 0.3 is 0 Å². The Hall–Kier alpha value is -1.58. The number of benzene rings is 1. The Labute approximate surface area is 93.7 Å². The number of halogens is 1. The zero-order chi connectivity index (χ0) is 12.3. The molecule has 0 aliphatic heterocycles. The Balaban J connectivity index is 3.07. The Morgan fingerprint density at radius 2 is 2.19 bits per heavy atom. The molecule has 1 rings (SSSR count). The number of sulfonamides is 1. The van der Waals surface area contributed by atoms with E-state index in [9.17, 15) is 12.8 Å². The van der Waals surface area contributed by atoms with Gasteiger partial charge in [0, 0.05) is 0 Å². The maximum Gasteiger partial charge on any atom is 0.238 e. The van der Waals surface area contributed by atoms with Crippen molar-refractivity contribution in [2.24, 2.45) is 5.14 Å². The van der Waals surface area contributed by atoms with E-state index in [-0.39, 0.29) is 16.6 Å². The molecule has 0 fully saturated rings. The Morgan fingerprint density at radius 1 is 1.56 bits per heavy atom. The number of rotatable bonds is 3. The maximum atomic E-state index is 13.4. The number of nitrogens with one attached hydrogen (secondary N) is 1. The zero-order valence-electron chi connectivity index (χ0n) is 8.57. The van der Waals surface area contributed by atoms with E-state index >= 15 is 0 Å². The Bertz CT molecular complexity index is 534. The first-order valence-corrected chi connectivity index (χ1v) is 5.94. The van der Waals surface area contributed by atoms with Crippen molar-refractivity contribution >= 4 is 15.7 Å². The lowest BCUT2D eigenvalue weighted by molar-refractivity contribution is 0.592. The van der Waals surface area contributed by atoms with Gasteiger partial charge in [0.2, 0.25) is 10.0 Å². The lowest BCUT2D eigenvalue weighted by Gasteiger charge is -2.10. The molecule has 4 nitrogen and oxygen atoms in total. The fourth-order valence-corrected chi connectivity index (χ4v) is 1.59. The maximum absolute atomic E-state index is 13.4. The van der Waals surface area contributed by atoms with E-state index in [4.69, 9.17) is 11.6 Å². The van der Waals surface area contributed by atoms with Gasteiger partial charge in [-0.05, 0) is 25.1 Å². The van der Waals surface area contributed by atoms with E-state index in [2.05, 4.69) is 11.2 Å². The van der Waals surface area contributed by atoms with Gasteiger partial charge in [0.05, 0.1) is 16.6 Å². The van der Waals surface area contributed by atoms with E-state index in [1.165, 1.54) is 12.1 Å². The normalized spacial score (nSPS) is 12.9. The molecule has 0 saturated heterocycles. The van der Waals surface area contributed by atoms with Crippen molar-refractivity contribution in [1.29, 1.82) is 0 Å². The van der Waals surface area contributed by atoms with Crippen LogP contribution in [0, 0.1) is 18.2 Å². The van der Waals surface area contributed by atoms with E-state index < -0.39 is 15.8 Å². The van der Waals surface area contributed by atoms with Crippen molar-refractivity contribution in [1.82, 2.24) is 0 Å². The van der Waals surface area contributed by atoms with Crippen molar-refractivity contribution in [3.63, 3.8) is 0 Å². The number of anilines is 1. The molecule has 1 aromatic rings. The molecule has 1 atom stereocenters. The van der Waals surface area contributed by atoms with Gasteiger partial charge in [0.25, 0.3) is 0 Å². The minimum atomic E-state index is -3.88. The molecule has 6 heteroatoms. The van der Waals surface area contributed by atoms with Crippen LogP contribution in [0.15, 0.2) is 23.1 Å². The predicted octanol–water partition coefficient (Wildman–Crippen LogP) is 0.907. The molecule has 0 aromatic heterocycles. The highest BCUT2D eigenvalue weighted by Crippen LogP contribution is 2.18. The monoisotopic (exact) mass is 242 g/mol. The van der Waals surface area contributed by atoms with Crippen LogP contribution in [-0.2, 0) is 10.0 Å². The van der Waals surface area contributed by atoms with Crippen molar-refractivity contribution in [3.8, 4) is 12.3 Å². The summed E-state index contributed by atoms with van der Waals surface area (Å²) in [5.41, 5.74) is 0.137. The summed E-state index contributed by atoms with van der Waals surface area (Å²) in [6.07, 6.45) is 5.12. The molecule has 0 amide bonds. The van der Waals surface area contributed by atoms with Crippen molar-refractivity contribution in [3.05, 3.63) is 24.0 Å². The average Bonchev–Trinajstić information content (AvgIpc) is 2.19. The van der Waals surface area contributed by atoms with Gasteiger partial charge in [0.1, 0.15) is 5.82 Å². The van der Waals surface area contributed by atoms with Crippen LogP contribution in [0.4, 0.5) is 10.1 Å². The number of hydrogen-bond donors (Lipinski definition) is 2. The SMILES string of the molecule is C#CC(C)Nc1ccc(S(N)(=O)=O)cc1F. The first-order chi connectivity index (χ1) is 7.34. The third-order valence-corrected chi connectivity index (χ3v) is 2.80. The second-order valence-electron chi connectivity index (χ2n) is 3.22. The quantitative estimate of drug-likeness (QED) is 0.774. The topological polar surface area (TPSA) is 72.2 Å². The number of hydrogen-bond acceptors (Lipinski definition) is 3. The van der Waals surface area contributed by atoms with Crippen molar-refractivity contribution in [2.45, 2.75) is 17.9 Å². The van der Waals surface area contributed by atoms with E-state index in [0.29, 0.717) is 0 Å². The average molecular weight is 242 g/mol. The molecule has 1 unspecified atom stereocenters. The number of nitrogens with two attached hydrogens (primary N) is 1. The van der Waals surface area contributed by atoms with E-state index in [1.807, 2.05) is 0 Å². The summed E-state index contributed by atoms with van der Waals surface area (Å²) in [6, 6.07) is 2.99. The van der Waals surface area contributed by atoms with Crippen LogP contribution in [0.5, 0.6) is 0 Å². The van der Waals surface area contributed by atoms with Gasteiger partial charge in [-0.3, -0.25) is 0 Å². The third-order valence-electron chi connectivity index (χ3n) is 1.89. The highest BCUT2D eigenvalue weighted by atomic mass is 32.2. The molecule has 1 aromatic carbocycles. The molecule has 0 saturated carbocycles. The molecule has 0 radical (unpaired) electrons. The van der Waals surface area contributed by atoms with Crippen LogP contribution >= 0.6 is 0 Å². The van der Waals surface area contributed by atoms with Crippen LogP contribution in [0.1, 0.15) is 6.92 Å². The first kappa shape index (κ1) is 12.5. The van der Waals surface area contributed by atoms with Crippen LogP contribution in [0.2, 0.25) is 0 Å². The molecule has 0 aliphatic carbocycles. The molecule has 3 N–H and O–H groups in total. The summed E-state index contributed by atoms with van der Waals surface area (Å²) in [7, 11) is -3.88. The molecule has 0 heterocycles. The van der Waals surface area contributed by atoms with Crippen molar-refractivity contribution in [2.75, 3.05) is 5.32 Å². The molecule has 0 bridgehead atoms. The molecular formula is C10H11FN2O2S. The summed E-state index contributed by atoms with van der Waals surface area (Å²) in [5, 5.41) is 7.55. The molecular weight excluding hydrogens is 231 g/mol. The summed E-state index contributed by atoms with van der Waals surface area (Å²) < 4.78 is 35.3. The Morgan fingerprint density at radius 3 is 2.62 bits per heavy atom. The zero-order valence-corrected chi connectivity index (χ0v) is 9.38. The van der Waals surface area contributed by atoms with E-state index in [1.54, 1.807) is 6.92 Å². The van der Waals surface area contributed by atoms with Gasteiger partial charge in [0.15, 0.2) is 0 Å². The van der Waals surface area contributed by atoms with Gasteiger partial charge in [-0.2, -0.15) is 0 Å². The highest BCUT2D eigenvalue weighted by Gasteiger charge is 2.11. The largest absolute Gasteiger partial charge is 0.369 e. The number of primary sulfonamides is 1. The fourth-order valence-electron chi connectivity index (χ4n) is 1.06. The summed E-state index contributed by atoms with van der Waals surface area (Å²) in [6.45, 7) is 1.67. The summed E-state index contributed by atoms with van der Waals surface area (Å²) in [4.78, 5) is -0.274. The van der Waals surface area contributed by atoms with Crippen molar-refractivity contribution < 1.29 is 12.8 Å². The summed E-state index contributed by atoms with van der Waals surface area (Å²) >= 11 is 0. The fraction of sp³-hybridized carbons (Fsp3) is 0.200. The van der Waals surface area contributed by atoms with Gasteiger partial charge in [-0.25, -0.2) is 17.9 Å². The first-order valence-electron chi connectivity index (χ1n) is 4.39. The minimum absolute atomic E-state index is 0.137. The number of terminal acetylenes is 1. The Kier molecular flexibility index (Phi) is 3.52. The highest BCUT2D eigenvalue weighted by molar-refractivity contribution is 7.89. The standard InChI is InChI=1S/C10H11FN2O2S/c1-3-7(2)13-10-5-4-8(6-9(10)11)16(12,14)15/h1,4-7,13H,2H3,(H2,12,14,15). The molecule has 86 valence electrons. The third kappa shape index (κ3) is 2.95. The second-order valence-corrected chi connectivity index (χ2v) is 4.78. The lowest BCUT2D eigenvalue weighted by atomic mass is 10.2. The van der Waals surface area contributed by atoms with Gasteiger partial charge < -0.3 is 5.32 Å². The van der Waals surface area contributed by atoms with Crippen LogP contribution in [0.25, 0.3) is 0 Å². The van der Waals surface area contributed by atoms with E-state index in [0.717, 1.165) is 6.07 Å². The van der Waals surface area contributed by atoms with Crippen LogP contribution in [0.3, 0.4) is 0 Å². The summed E-state index contributed by atoms with van der Waals surface area (Å²) in [5.74, 6) is 1.65. The molecule has 16 heavy (non-hydrogen) atoms. The molecule has 0 aliphatic rings. The predicted molar refractivity (Wildman–Crippen MR) is 59.7 cm³/mol. The molecule has 0 spiro atoms. The lowest BCUT2D eigenvalue weighted by Crippen LogP contribution is -2.15.